The van der Waals surface area contributed by atoms with Gasteiger partial charge in [-0.1, -0.05) is 0 Å². The molecule has 8 heteroatoms. The summed E-state index contributed by atoms with van der Waals surface area (Å²) in [6.07, 6.45) is -9.27. The van der Waals surface area contributed by atoms with E-state index in [1.165, 1.54) is 0 Å². The third-order valence-electron chi connectivity index (χ3n) is 1.49. The molecular formula is C8H13F6NO. The second-order valence-corrected chi connectivity index (χ2v) is 3.14. The first-order valence-electron chi connectivity index (χ1n) is 4.63. The van der Waals surface area contributed by atoms with Crippen LogP contribution < -0.4 is 5.32 Å². The minimum absolute atomic E-state index is 0.126. The summed E-state index contributed by atoms with van der Waals surface area (Å²) in [5, 5.41) is 2.46. The molecule has 0 heterocycles. The van der Waals surface area contributed by atoms with E-state index in [-0.39, 0.29) is 26.1 Å². The van der Waals surface area contributed by atoms with Crippen LogP contribution in [0, 0.1) is 0 Å². The fraction of sp³-hybridized carbons (Fsp3) is 1.00. The molecule has 0 aromatic rings. The number of halogens is 6. The maximum absolute atomic E-state index is 11.6. The summed E-state index contributed by atoms with van der Waals surface area (Å²) in [4.78, 5) is 0. The topological polar surface area (TPSA) is 21.3 Å². The molecule has 1 N–H and O–H groups in total. The normalized spacial score (nSPS) is 13.1. The predicted octanol–water partition coefficient (Wildman–Crippen LogP) is 2.50. The van der Waals surface area contributed by atoms with Crippen molar-refractivity contribution in [2.45, 2.75) is 25.2 Å². The first kappa shape index (κ1) is 15.5. The highest BCUT2D eigenvalue weighted by molar-refractivity contribution is 4.54. The van der Waals surface area contributed by atoms with E-state index in [9.17, 15) is 26.3 Å². The van der Waals surface area contributed by atoms with Crippen LogP contribution in [0.2, 0.25) is 0 Å². The van der Waals surface area contributed by atoms with Crippen LogP contribution in [-0.2, 0) is 4.74 Å². The number of hydrogen-bond acceptors (Lipinski definition) is 2. The Balaban J connectivity index is 3.17. The van der Waals surface area contributed by atoms with Crippen molar-refractivity contribution in [3.63, 3.8) is 0 Å². The largest absolute Gasteiger partial charge is 0.411 e. The van der Waals surface area contributed by atoms with Crippen LogP contribution in [0.4, 0.5) is 26.3 Å². The molecule has 0 spiro atoms. The molecule has 0 saturated carbocycles. The molecule has 2 nitrogen and oxygen atoms in total. The van der Waals surface area contributed by atoms with Gasteiger partial charge in [-0.05, 0) is 13.0 Å². The lowest BCUT2D eigenvalue weighted by atomic mass is 10.4. The molecule has 0 aromatic heterocycles. The van der Waals surface area contributed by atoms with E-state index in [2.05, 4.69) is 10.1 Å². The molecule has 0 aliphatic heterocycles. The lowest BCUT2D eigenvalue weighted by Crippen LogP contribution is -2.24. The number of hydrogen-bond donors (Lipinski definition) is 1. The van der Waals surface area contributed by atoms with Crippen molar-refractivity contribution in [3.8, 4) is 0 Å². The van der Waals surface area contributed by atoms with E-state index in [0.717, 1.165) is 0 Å². The molecule has 0 atom stereocenters. The summed E-state index contributed by atoms with van der Waals surface area (Å²) in [6.45, 7) is -1.48. The Bertz CT molecular complexity index is 158. The molecule has 98 valence electrons. The van der Waals surface area contributed by atoms with E-state index < -0.39 is 25.4 Å². The first-order valence-corrected chi connectivity index (χ1v) is 4.63. The zero-order valence-corrected chi connectivity index (χ0v) is 8.42. The summed E-state index contributed by atoms with van der Waals surface area (Å²) in [5.74, 6) is 0. The lowest BCUT2D eigenvalue weighted by molar-refractivity contribution is -0.174. The quantitative estimate of drug-likeness (QED) is 0.556. The van der Waals surface area contributed by atoms with Gasteiger partial charge in [-0.2, -0.15) is 26.3 Å². The smallest absolute Gasteiger partial charge is 0.372 e. The van der Waals surface area contributed by atoms with Crippen molar-refractivity contribution >= 4 is 0 Å². The average Bonchev–Trinajstić information content (AvgIpc) is 2.06. The Morgan fingerprint density at radius 3 is 2.00 bits per heavy atom. The van der Waals surface area contributed by atoms with Gasteiger partial charge >= 0.3 is 12.4 Å². The SMILES string of the molecule is FC(F)(F)CCNCCCOCC(F)(F)F. The molecule has 0 aromatic carbocycles. The molecule has 0 aliphatic carbocycles. The van der Waals surface area contributed by atoms with E-state index in [1.54, 1.807) is 0 Å². The van der Waals surface area contributed by atoms with Crippen molar-refractivity contribution in [2.75, 3.05) is 26.3 Å². The fourth-order valence-corrected chi connectivity index (χ4v) is 0.842. The van der Waals surface area contributed by atoms with Gasteiger partial charge in [0.05, 0.1) is 6.42 Å². The molecule has 0 aliphatic rings. The van der Waals surface area contributed by atoms with Gasteiger partial charge in [0.25, 0.3) is 0 Å². The van der Waals surface area contributed by atoms with E-state index in [4.69, 9.17) is 0 Å². The molecule has 0 saturated heterocycles. The number of ether oxygens (including phenoxy) is 1. The molecule has 0 rings (SSSR count). The monoisotopic (exact) mass is 253 g/mol. The molecule has 0 amide bonds. The second kappa shape index (κ2) is 6.95. The number of rotatable bonds is 7. The molecule has 0 unspecified atom stereocenters. The number of nitrogens with one attached hydrogen (secondary N) is 1. The van der Waals surface area contributed by atoms with Gasteiger partial charge in [-0.25, -0.2) is 0 Å². The van der Waals surface area contributed by atoms with Gasteiger partial charge in [-0.3, -0.25) is 0 Å². The predicted molar refractivity (Wildman–Crippen MR) is 45.0 cm³/mol. The summed E-state index contributed by atoms with van der Waals surface area (Å²) in [5.41, 5.74) is 0. The van der Waals surface area contributed by atoms with Gasteiger partial charge in [0.1, 0.15) is 6.61 Å². The molecule has 0 radical (unpaired) electrons. The number of alkyl halides is 6. The van der Waals surface area contributed by atoms with Gasteiger partial charge in [0.2, 0.25) is 0 Å². The minimum atomic E-state index is -4.36. The van der Waals surface area contributed by atoms with Crippen LogP contribution in [-0.4, -0.2) is 38.7 Å². The van der Waals surface area contributed by atoms with Crippen molar-refractivity contribution in [1.29, 1.82) is 0 Å². The zero-order valence-electron chi connectivity index (χ0n) is 8.42. The van der Waals surface area contributed by atoms with Gasteiger partial charge in [0.15, 0.2) is 0 Å². The average molecular weight is 253 g/mol. The molecule has 16 heavy (non-hydrogen) atoms. The van der Waals surface area contributed by atoms with Crippen LogP contribution >= 0.6 is 0 Å². The van der Waals surface area contributed by atoms with Crippen molar-refractivity contribution < 1.29 is 31.1 Å². The maximum atomic E-state index is 11.6. The highest BCUT2D eigenvalue weighted by Gasteiger charge is 2.27. The third kappa shape index (κ3) is 13.5. The first-order chi connectivity index (χ1) is 7.21. The summed E-state index contributed by atoms with van der Waals surface area (Å²) < 4.78 is 73.8. The van der Waals surface area contributed by atoms with E-state index in [0.29, 0.717) is 0 Å². The highest BCUT2D eigenvalue weighted by atomic mass is 19.4. The van der Waals surface area contributed by atoms with E-state index >= 15 is 0 Å². The Morgan fingerprint density at radius 1 is 0.875 bits per heavy atom. The van der Waals surface area contributed by atoms with Crippen molar-refractivity contribution in [3.05, 3.63) is 0 Å². The van der Waals surface area contributed by atoms with E-state index in [1.807, 2.05) is 0 Å². The van der Waals surface area contributed by atoms with Gasteiger partial charge < -0.3 is 10.1 Å². The van der Waals surface area contributed by atoms with Crippen LogP contribution in [0.15, 0.2) is 0 Å². The minimum Gasteiger partial charge on any atom is -0.372 e. The maximum Gasteiger partial charge on any atom is 0.411 e. The third-order valence-corrected chi connectivity index (χ3v) is 1.49. The summed E-state index contributed by atoms with van der Waals surface area (Å²) >= 11 is 0. The van der Waals surface area contributed by atoms with Crippen molar-refractivity contribution in [2.24, 2.45) is 0 Å². The molecule has 0 fully saturated rings. The zero-order chi connectivity index (χ0) is 12.7. The standard InChI is InChI=1S/C8H13F6NO/c9-7(10,11)2-4-15-3-1-5-16-6-8(12,13)14/h15H,1-6H2. The van der Waals surface area contributed by atoms with Gasteiger partial charge in [-0.15, -0.1) is 0 Å². The van der Waals surface area contributed by atoms with Crippen LogP contribution in [0.5, 0.6) is 0 Å². The van der Waals surface area contributed by atoms with Crippen LogP contribution in [0.25, 0.3) is 0 Å². The highest BCUT2D eigenvalue weighted by Crippen LogP contribution is 2.18. The van der Waals surface area contributed by atoms with Crippen LogP contribution in [0.3, 0.4) is 0 Å². The second-order valence-electron chi connectivity index (χ2n) is 3.14. The fourth-order valence-electron chi connectivity index (χ4n) is 0.842. The molecular weight excluding hydrogens is 240 g/mol. The Labute approximate surface area is 89.0 Å². The van der Waals surface area contributed by atoms with Crippen molar-refractivity contribution in [1.82, 2.24) is 5.32 Å². The van der Waals surface area contributed by atoms with Crippen LogP contribution in [0.1, 0.15) is 12.8 Å². The summed E-state index contributed by atoms with van der Waals surface area (Å²) in [7, 11) is 0. The van der Waals surface area contributed by atoms with Gasteiger partial charge in [0, 0.05) is 13.2 Å². The Kier molecular flexibility index (Phi) is 6.73. The lowest BCUT2D eigenvalue weighted by Gasteiger charge is -2.09. The molecule has 0 bridgehead atoms. The Hall–Kier alpha value is -0.500. The Morgan fingerprint density at radius 2 is 1.50 bits per heavy atom. The summed E-state index contributed by atoms with van der Waals surface area (Å²) in [6, 6.07) is 0.